The Morgan fingerprint density at radius 1 is 1.57 bits per heavy atom. The molecular weight excluding hydrogens is 192 g/mol. The van der Waals surface area contributed by atoms with Crippen LogP contribution in [0.2, 0.25) is 0 Å². The van der Waals surface area contributed by atoms with Crippen LogP contribution < -0.4 is 5.32 Å². The van der Waals surface area contributed by atoms with Crippen molar-refractivity contribution in [1.29, 1.82) is 0 Å². The lowest BCUT2D eigenvalue weighted by molar-refractivity contribution is 0.895. The van der Waals surface area contributed by atoms with Gasteiger partial charge in [0.25, 0.3) is 0 Å². The normalized spacial score (nSPS) is 10.6. The first-order valence-electron chi connectivity index (χ1n) is 4.96. The molecule has 14 heavy (non-hydrogen) atoms. The van der Waals surface area contributed by atoms with Gasteiger partial charge < -0.3 is 5.32 Å². The van der Waals surface area contributed by atoms with Crippen molar-refractivity contribution in [3.05, 3.63) is 17.2 Å². The summed E-state index contributed by atoms with van der Waals surface area (Å²) in [5, 5.41) is 4.31. The summed E-state index contributed by atoms with van der Waals surface area (Å²) in [6.07, 6.45) is 0.964. The van der Waals surface area contributed by atoms with Gasteiger partial charge in [-0.15, -0.1) is 11.3 Å². The van der Waals surface area contributed by atoms with E-state index in [2.05, 4.69) is 44.6 Å². The quantitative estimate of drug-likeness (QED) is 0.819. The predicted molar refractivity (Wildman–Crippen MR) is 64.9 cm³/mol. The molecule has 3 heteroatoms. The van der Waals surface area contributed by atoms with Crippen LogP contribution in [0.3, 0.4) is 0 Å². The highest BCUT2D eigenvalue weighted by molar-refractivity contribution is 7.15. The minimum atomic E-state index is 0.434. The Balaban J connectivity index is 2.87. The molecule has 1 rings (SSSR count). The topological polar surface area (TPSA) is 24.9 Å². The molecule has 1 heterocycles. The lowest BCUT2D eigenvalue weighted by Gasteiger charge is -2.04. The largest absolute Gasteiger partial charge is 0.359 e. The number of nitrogens with one attached hydrogen (secondary N) is 1. The molecule has 0 amide bonds. The van der Waals surface area contributed by atoms with E-state index in [0.29, 0.717) is 6.04 Å². The van der Waals surface area contributed by atoms with Crippen LogP contribution in [0.5, 0.6) is 0 Å². The monoisotopic (exact) mass is 210 g/mol. The fourth-order valence-corrected chi connectivity index (χ4v) is 2.21. The number of anilines is 1. The van der Waals surface area contributed by atoms with Crippen molar-refractivity contribution in [3.8, 4) is 0 Å². The van der Waals surface area contributed by atoms with E-state index in [-0.39, 0.29) is 0 Å². The third-order valence-electron chi connectivity index (χ3n) is 1.97. The van der Waals surface area contributed by atoms with Crippen LogP contribution in [-0.2, 0) is 0 Å². The molecule has 0 aliphatic rings. The molecular formula is C11H18N2S. The molecule has 1 aromatic heterocycles. The lowest BCUT2D eigenvalue weighted by Crippen LogP contribution is -2.09. The van der Waals surface area contributed by atoms with Gasteiger partial charge in [0.15, 0.2) is 5.13 Å². The standard InChI is InChI=1S/C11H18N2S/c1-6-8(4)10-9(5)14-11(13-10)12-7(2)3/h7H,4,6H2,1-3,5H3,(H,12,13). The Bertz CT molecular complexity index is 326. The van der Waals surface area contributed by atoms with Crippen molar-refractivity contribution in [2.45, 2.75) is 40.2 Å². The summed E-state index contributed by atoms with van der Waals surface area (Å²) < 4.78 is 0. The van der Waals surface area contributed by atoms with Gasteiger partial charge in [0.1, 0.15) is 0 Å². The highest BCUT2D eigenvalue weighted by atomic mass is 32.1. The average molecular weight is 210 g/mol. The minimum absolute atomic E-state index is 0.434. The average Bonchev–Trinajstić information content (AvgIpc) is 2.44. The number of hydrogen-bond donors (Lipinski definition) is 1. The number of thiazole rings is 1. The van der Waals surface area contributed by atoms with Gasteiger partial charge in [-0.2, -0.15) is 0 Å². The van der Waals surface area contributed by atoms with Crippen molar-refractivity contribution < 1.29 is 0 Å². The van der Waals surface area contributed by atoms with Gasteiger partial charge in [0.05, 0.1) is 5.69 Å². The van der Waals surface area contributed by atoms with Crippen LogP contribution >= 0.6 is 11.3 Å². The highest BCUT2D eigenvalue weighted by Crippen LogP contribution is 2.28. The molecule has 0 unspecified atom stereocenters. The Morgan fingerprint density at radius 2 is 2.21 bits per heavy atom. The maximum atomic E-state index is 4.53. The van der Waals surface area contributed by atoms with Crippen molar-refractivity contribution >= 4 is 22.0 Å². The van der Waals surface area contributed by atoms with Gasteiger partial charge in [0.2, 0.25) is 0 Å². The van der Waals surface area contributed by atoms with Gasteiger partial charge in [-0.05, 0) is 32.8 Å². The maximum Gasteiger partial charge on any atom is 0.183 e. The van der Waals surface area contributed by atoms with Crippen LogP contribution in [0.15, 0.2) is 6.58 Å². The van der Waals surface area contributed by atoms with Gasteiger partial charge in [-0.25, -0.2) is 4.98 Å². The Labute approximate surface area is 90.1 Å². The molecule has 1 N–H and O–H groups in total. The Hall–Kier alpha value is -0.830. The van der Waals surface area contributed by atoms with Crippen LogP contribution in [-0.4, -0.2) is 11.0 Å². The van der Waals surface area contributed by atoms with E-state index >= 15 is 0 Å². The van der Waals surface area contributed by atoms with Crippen LogP contribution in [0.25, 0.3) is 5.57 Å². The summed E-state index contributed by atoms with van der Waals surface area (Å²) in [5.74, 6) is 0. The van der Waals surface area contributed by atoms with Gasteiger partial charge in [-0.1, -0.05) is 13.5 Å². The fourth-order valence-electron chi connectivity index (χ4n) is 1.20. The summed E-state index contributed by atoms with van der Waals surface area (Å²) in [6, 6.07) is 0.434. The second-order valence-electron chi connectivity index (χ2n) is 3.68. The van der Waals surface area contributed by atoms with Gasteiger partial charge >= 0.3 is 0 Å². The van der Waals surface area contributed by atoms with Gasteiger partial charge in [0, 0.05) is 10.9 Å². The number of hydrogen-bond acceptors (Lipinski definition) is 3. The number of nitrogens with zero attached hydrogens (tertiary/aromatic N) is 1. The number of allylic oxidation sites excluding steroid dienone is 1. The van der Waals surface area contributed by atoms with Gasteiger partial charge in [-0.3, -0.25) is 0 Å². The summed E-state index contributed by atoms with van der Waals surface area (Å²) >= 11 is 1.70. The third kappa shape index (κ3) is 2.58. The molecule has 0 spiro atoms. The summed E-state index contributed by atoms with van der Waals surface area (Å²) in [7, 11) is 0. The molecule has 1 aromatic rings. The third-order valence-corrected chi connectivity index (χ3v) is 2.87. The first-order chi connectivity index (χ1) is 6.54. The molecule has 0 saturated carbocycles. The zero-order chi connectivity index (χ0) is 10.7. The minimum Gasteiger partial charge on any atom is -0.359 e. The molecule has 0 aliphatic heterocycles. The zero-order valence-electron chi connectivity index (χ0n) is 9.35. The lowest BCUT2D eigenvalue weighted by atomic mass is 10.1. The maximum absolute atomic E-state index is 4.53. The predicted octanol–water partition coefficient (Wildman–Crippen LogP) is 3.70. The molecule has 0 fully saturated rings. The van der Waals surface area contributed by atoms with E-state index < -0.39 is 0 Å². The van der Waals surface area contributed by atoms with E-state index in [1.807, 2.05) is 0 Å². The molecule has 0 bridgehead atoms. The van der Waals surface area contributed by atoms with E-state index in [0.717, 1.165) is 22.8 Å². The van der Waals surface area contributed by atoms with E-state index in [9.17, 15) is 0 Å². The Morgan fingerprint density at radius 3 is 2.71 bits per heavy atom. The Kier molecular flexibility index (Phi) is 3.69. The smallest absolute Gasteiger partial charge is 0.183 e. The van der Waals surface area contributed by atoms with E-state index in [4.69, 9.17) is 0 Å². The zero-order valence-corrected chi connectivity index (χ0v) is 10.2. The van der Waals surface area contributed by atoms with E-state index in [1.54, 1.807) is 11.3 Å². The molecule has 0 atom stereocenters. The second kappa shape index (κ2) is 4.60. The van der Waals surface area contributed by atoms with Crippen molar-refractivity contribution in [2.24, 2.45) is 0 Å². The molecule has 0 aromatic carbocycles. The summed E-state index contributed by atoms with van der Waals surface area (Å²) in [6.45, 7) is 12.4. The molecule has 2 nitrogen and oxygen atoms in total. The number of rotatable bonds is 4. The van der Waals surface area contributed by atoms with Crippen LogP contribution in [0, 0.1) is 6.92 Å². The molecule has 0 saturated heterocycles. The van der Waals surface area contributed by atoms with Crippen molar-refractivity contribution in [3.63, 3.8) is 0 Å². The number of aromatic nitrogens is 1. The molecule has 0 radical (unpaired) electrons. The fraction of sp³-hybridized carbons (Fsp3) is 0.545. The summed E-state index contributed by atoms with van der Waals surface area (Å²) in [4.78, 5) is 5.78. The van der Waals surface area contributed by atoms with Crippen LogP contribution in [0.1, 0.15) is 37.8 Å². The SMILES string of the molecule is C=C(CC)c1nc(NC(C)C)sc1C. The second-order valence-corrected chi connectivity index (χ2v) is 4.88. The highest BCUT2D eigenvalue weighted by Gasteiger charge is 2.09. The number of aryl methyl sites for hydroxylation is 1. The molecule has 78 valence electrons. The van der Waals surface area contributed by atoms with Crippen molar-refractivity contribution in [1.82, 2.24) is 4.98 Å². The van der Waals surface area contributed by atoms with E-state index in [1.165, 1.54) is 4.88 Å². The summed E-state index contributed by atoms with van der Waals surface area (Å²) in [5.41, 5.74) is 2.19. The first-order valence-corrected chi connectivity index (χ1v) is 5.78. The van der Waals surface area contributed by atoms with Crippen molar-refractivity contribution in [2.75, 3.05) is 5.32 Å². The van der Waals surface area contributed by atoms with Crippen LogP contribution in [0.4, 0.5) is 5.13 Å². The first kappa shape index (κ1) is 11.2. The molecule has 0 aliphatic carbocycles.